The molecule has 3 rings (SSSR count). The van der Waals surface area contributed by atoms with Gasteiger partial charge in [-0.25, -0.2) is 4.98 Å². The first kappa shape index (κ1) is 20.3. The Balaban J connectivity index is 1.48. The van der Waals surface area contributed by atoms with Crippen molar-refractivity contribution in [2.24, 2.45) is 5.73 Å². The summed E-state index contributed by atoms with van der Waals surface area (Å²) < 4.78 is 11.0. The van der Waals surface area contributed by atoms with Gasteiger partial charge < -0.3 is 25.4 Å². The Kier molecular flexibility index (Phi) is 6.75. The molecule has 9 heteroatoms. The highest BCUT2D eigenvalue weighted by molar-refractivity contribution is 6.35. The monoisotopic (exact) mass is 398 g/mol. The molecule has 2 heterocycles. The van der Waals surface area contributed by atoms with Crippen molar-refractivity contribution in [2.45, 2.75) is 19.1 Å². The molecule has 1 aliphatic rings. The van der Waals surface area contributed by atoms with E-state index in [1.165, 1.54) is 4.90 Å². The van der Waals surface area contributed by atoms with Gasteiger partial charge in [-0.1, -0.05) is 18.2 Å². The lowest BCUT2D eigenvalue weighted by molar-refractivity contribution is -0.145. The van der Waals surface area contributed by atoms with Crippen molar-refractivity contribution < 1.29 is 23.9 Å². The number of carbonyl (C=O) groups excluding carboxylic acids is 3. The zero-order chi connectivity index (χ0) is 20.6. The Bertz CT molecular complexity index is 874. The summed E-state index contributed by atoms with van der Waals surface area (Å²) in [5.74, 6) is -0.866. The maximum atomic E-state index is 12.3. The van der Waals surface area contributed by atoms with E-state index >= 15 is 0 Å². The normalized spacial score (nSPS) is 15.7. The third-order valence-corrected chi connectivity index (χ3v) is 4.31. The molecule has 1 aliphatic heterocycles. The summed E-state index contributed by atoms with van der Waals surface area (Å²) in [6.45, 7) is 0.603. The number of nitrogens with zero attached hydrogens (tertiary/aromatic N) is 2. The Morgan fingerprint density at radius 2 is 2.00 bits per heavy atom. The summed E-state index contributed by atoms with van der Waals surface area (Å²) in [6, 6.07) is 12.6. The lowest BCUT2D eigenvalue weighted by Gasteiger charge is -2.16. The number of nitrogens with two attached hydrogens (primary N) is 1. The first-order valence-corrected chi connectivity index (χ1v) is 9.16. The second kappa shape index (κ2) is 9.65. The summed E-state index contributed by atoms with van der Waals surface area (Å²) in [6.07, 6.45) is 1.83. The molecule has 9 nitrogen and oxygen atoms in total. The third-order valence-electron chi connectivity index (χ3n) is 4.31. The van der Waals surface area contributed by atoms with E-state index in [0.717, 1.165) is 5.56 Å². The number of para-hydroxylation sites is 1. The second-order valence-corrected chi connectivity index (χ2v) is 6.54. The maximum absolute atomic E-state index is 12.3. The largest absolute Gasteiger partial charge is 0.439 e. The van der Waals surface area contributed by atoms with Crippen molar-refractivity contribution in [1.29, 1.82) is 0 Å². The number of benzene rings is 1. The first-order valence-electron chi connectivity index (χ1n) is 9.16. The van der Waals surface area contributed by atoms with E-state index in [-0.39, 0.29) is 25.8 Å². The molecule has 152 valence electrons. The zero-order valence-corrected chi connectivity index (χ0v) is 15.7. The van der Waals surface area contributed by atoms with E-state index in [1.54, 1.807) is 18.3 Å². The van der Waals surface area contributed by atoms with Crippen molar-refractivity contribution in [1.82, 2.24) is 15.2 Å². The Morgan fingerprint density at radius 3 is 2.76 bits per heavy atom. The van der Waals surface area contributed by atoms with Gasteiger partial charge in [0.15, 0.2) is 0 Å². The zero-order valence-electron chi connectivity index (χ0n) is 15.7. The van der Waals surface area contributed by atoms with E-state index in [1.807, 2.05) is 30.3 Å². The quantitative estimate of drug-likeness (QED) is 0.658. The SMILES string of the molecule is NC(=O)COC1CCN(C(=O)C(=O)NCc2ccnc(Oc3ccccc3)c2)C1. The van der Waals surface area contributed by atoms with E-state index < -0.39 is 17.7 Å². The fourth-order valence-electron chi connectivity index (χ4n) is 2.88. The minimum Gasteiger partial charge on any atom is -0.439 e. The number of carbonyl (C=O) groups is 3. The van der Waals surface area contributed by atoms with Gasteiger partial charge >= 0.3 is 11.8 Å². The van der Waals surface area contributed by atoms with Crippen LogP contribution in [0.4, 0.5) is 0 Å². The number of nitrogens with one attached hydrogen (secondary N) is 1. The smallest absolute Gasteiger partial charge is 0.311 e. The molecule has 1 aromatic heterocycles. The molecule has 1 fully saturated rings. The number of primary amides is 1. The van der Waals surface area contributed by atoms with Crippen LogP contribution in [0.5, 0.6) is 11.6 Å². The lowest BCUT2D eigenvalue weighted by Crippen LogP contribution is -2.42. The number of hydrogen-bond acceptors (Lipinski definition) is 6. The van der Waals surface area contributed by atoms with Gasteiger partial charge in [0.05, 0.1) is 6.10 Å². The highest BCUT2D eigenvalue weighted by Crippen LogP contribution is 2.19. The van der Waals surface area contributed by atoms with Gasteiger partial charge in [0.1, 0.15) is 12.4 Å². The molecule has 3 N–H and O–H groups in total. The van der Waals surface area contributed by atoms with Crippen LogP contribution in [0.1, 0.15) is 12.0 Å². The molecule has 1 saturated heterocycles. The summed E-state index contributed by atoms with van der Waals surface area (Å²) in [7, 11) is 0. The summed E-state index contributed by atoms with van der Waals surface area (Å²) in [4.78, 5) is 40.8. The second-order valence-electron chi connectivity index (χ2n) is 6.54. The minimum absolute atomic E-state index is 0.160. The third kappa shape index (κ3) is 6.01. The number of likely N-dealkylation sites (tertiary alicyclic amines) is 1. The van der Waals surface area contributed by atoms with Crippen LogP contribution in [0, 0.1) is 0 Å². The van der Waals surface area contributed by atoms with Gasteiger partial charge in [0.2, 0.25) is 11.8 Å². The van der Waals surface area contributed by atoms with Crippen LogP contribution in [-0.4, -0.2) is 53.4 Å². The van der Waals surface area contributed by atoms with Crippen molar-refractivity contribution in [3.8, 4) is 11.6 Å². The van der Waals surface area contributed by atoms with Crippen LogP contribution in [-0.2, 0) is 25.7 Å². The van der Waals surface area contributed by atoms with E-state index in [9.17, 15) is 14.4 Å². The van der Waals surface area contributed by atoms with Crippen LogP contribution in [0.2, 0.25) is 0 Å². The molecule has 29 heavy (non-hydrogen) atoms. The van der Waals surface area contributed by atoms with Crippen molar-refractivity contribution in [3.05, 3.63) is 54.2 Å². The minimum atomic E-state index is -0.706. The molecule has 1 unspecified atom stereocenters. The predicted molar refractivity (Wildman–Crippen MR) is 103 cm³/mol. The molecule has 3 amide bonds. The number of hydrogen-bond donors (Lipinski definition) is 2. The molecule has 1 atom stereocenters. The average Bonchev–Trinajstić information content (AvgIpc) is 3.20. The maximum Gasteiger partial charge on any atom is 0.311 e. The number of aromatic nitrogens is 1. The fraction of sp³-hybridized carbons (Fsp3) is 0.300. The molecule has 0 bridgehead atoms. The van der Waals surface area contributed by atoms with Gasteiger partial charge in [-0.3, -0.25) is 14.4 Å². The molecule has 0 saturated carbocycles. The highest BCUT2D eigenvalue weighted by Gasteiger charge is 2.30. The lowest BCUT2D eigenvalue weighted by atomic mass is 10.2. The van der Waals surface area contributed by atoms with E-state index in [2.05, 4.69) is 10.3 Å². The predicted octanol–water partition coefficient (Wildman–Crippen LogP) is 0.593. The van der Waals surface area contributed by atoms with Gasteiger partial charge in [-0.2, -0.15) is 0 Å². The van der Waals surface area contributed by atoms with E-state index in [4.69, 9.17) is 15.2 Å². The summed E-state index contributed by atoms with van der Waals surface area (Å²) >= 11 is 0. The molecular weight excluding hydrogens is 376 g/mol. The van der Waals surface area contributed by atoms with Crippen molar-refractivity contribution in [3.63, 3.8) is 0 Å². The van der Waals surface area contributed by atoms with Crippen LogP contribution in [0.3, 0.4) is 0 Å². The molecule has 0 radical (unpaired) electrons. The van der Waals surface area contributed by atoms with Gasteiger partial charge in [-0.05, 0) is 30.2 Å². The Morgan fingerprint density at radius 1 is 1.21 bits per heavy atom. The number of amides is 3. The molecular formula is C20H22N4O5. The number of rotatable bonds is 7. The molecule has 0 spiro atoms. The van der Waals surface area contributed by atoms with Gasteiger partial charge in [0, 0.05) is 31.9 Å². The van der Waals surface area contributed by atoms with Gasteiger partial charge in [-0.15, -0.1) is 0 Å². The van der Waals surface area contributed by atoms with Crippen LogP contribution < -0.4 is 15.8 Å². The Hall–Kier alpha value is -3.46. The highest BCUT2D eigenvalue weighted by atomic mass is 16.5. The summed E-state index contributed by atoms with van der Waals surface area (Å²) in [5.41, 5.74) is 5.79. The Labute approximate surface area is 167 Å². The molecule has 1 aromatic carbocycles. The van der Waals surface area contributed by atoms with E-state index in [0.29, 0.717) is 24.6 Å². The average molecular weight is 398 g/mol. The first-order chi connectivity index (χ1) is 14.0. The number of ether oxygens (including phenoxy) is 2. The topological polar surface area (TPSA) is 124 Å². The standard InChI is InChI=1S/C20H22N4O5/c21-17(25)13-28-16-7-9-24(12-16)20(27)19(26)23-11-14-6-8-22-18(10-14)29-15-4-2-1-3-5-15/h1-6,8,10,16H,7,9,11-13H2,(H2,21,25)(H,23,26). The van der Waals surface area contributed by atoms with Gasteiger partial charge in [0.25, 0.3) is 0 Å². The summed E-state index contributed by atoms with van der Waals surface area (Å²) in [5, 5.41) is 2.60. The fourth-order valence-corrected chi connectivity index (χ4v) is 2.88. The molecule has 2 aromatic rings. The molecule has 0 aliphatic carbocycles. The van der Waals surface area contributed by atoms with Crippen LogP contribution in [0.25, 0.3) is 0 Å². The van der Waals surface area contributed by atoms with Crippen molar-refractivity contribution in [2.75, 3.05) is 19.7 Å². The number of pyridine rings is 1. The van der Waals surface area contributed by atoms with Crippen LogP contribution >= 0.6 is 0 Å². The van der Waals surface area contributed by atoms with Crippen molar-refractivity contribution >= 4 is 17.7 Å². The van der Waals surface area contributed by atoms with Crippen LogP contribution in [0.15, 0.2) is 48.7 Å².